The lowest BCUT2D eigenvalue weighted by molar-refractivity contribution is 0.0824. The number of fused-ring (bicyclic) bond motifs is 1. The fourth-order valence-corrected chi connectivity index (χ4v) is 4.43. The number of nitrogens with two attached hydrogens (primary N) is 1. The summed E-state index contributed by atoms with van der Waals surface area (Å²) in [6.07, 6.45) is 1.95. The number of hydrogen-bond acceptors (Lipinski definition) is 4. The van der Waals surface area contributed by atoms with E-state index in [0.29, 0.717) is 28.6 Å². The topological polar surface area (TPSA) is 64.2 Å². The number of rotatable bonds is 4. The zero-order valence-corrected chi connectivity index (χ0v) is 17.9. The molecule has 3 rings (SSSR count). The minimum absolute atomic E-state index is 0.0664. The fourth-order valence-electron chi connectivity index (χ4n) is 2.97. The van der Waals surface area contributed by atoms with Crippen molar-refractivity contribution >= 4 is 53.0 Å². The smallest absolute Gasteiger partial charge is 0.258 e. The molecule has 0 aliphatic rings. The average molecular weight is 502 g/mol. The number of halogens is 3. The molecule has 0 bridgehead atoms. The molecule has 0 fully saturated rings. The van der Waals surface area contributed by atoms with Crippen molar-refractivity contribution in [3.63, 3.8) is 0 Å². The lowest BCUT2D eigenvalue weighted by atomic mass is 10.00. The summed E-state index contributed by atoms with van der Waals surface area (Å²) in [7, 11) is 4.25. The van der Waals surface area contributed by atoms with Crippen LogP contribution in [0.15, 0.2) is 24.4 Å². The zero-order valence-electron chi connectivity index (χ0n) is 14.9. The van der Waals surface area contributed by atoms with E-state index in [9.17, 15) is 9.18 Å². The van der Waals surface area contributed by atoms with Crippen LogP contribution in [0, 0.1) is 11.8 Å². The normalized spacial score (nSPS) is 11.2. The molecule has 0 aliphatic heterocycles. The number of carbonyl (C=O) groups excluding carboxylic acids is 1. The van der Waals surface area contributed by atoms with Gasteiger partial charge in [0.2, 0.25) is 5.95 Å². The molecule has 0 spiro atoms. The van der Waals surface area contributed by atoms with E-state index in [-0.39, 0.29) is 22.8 Å². The molecule has 0 saturated heterocycles. The van der Waals surface area contributed by atoms with Crippen molar-refractivity contribution in [2.45, 2.75) is 13.3 Å². The maximum absolute atomic E-state index is 15.1. The van der Waals surface area contributed by atoms with E-state index in [1.165, 1.54) is 50.4 Å². The number of nitrogen functional groups attached to an aromatic ring is 1. The van der Waals surface area contributed by atoms with Crippen molar-refractivity contribution in [1.29, 1.82) is 0 Å². The van der Waals surface area contributed by atoms with Crippen LogP contribution in [-0.4, -0.2) is 33.9 Å². The van der Waals surface area contributed by atoms with Crippen LogP contribution in [0.2, 0.25) is 0 Å². The average Bonchev–Trinajstić information content (AvgIpc) is 2.91. The molecule has 0 radical (unpaired) electrons. The summed E-state index contributed by atoms with van der Waals surface area (Å²) in [5.41, 5.74) is 7.36. The van der Waals surface area contributed by atoms with Gasteiger partial charge < -0.3 is 10.6 Å². The zero-order chi connectivity index (χ0) is 19.9. The highest BCUT2D eigenvalue weighted by molar-refractivity contribution is 14.2. The van der Waals surface area contributed by atoms with E-state index in [4.69, 9.17) is 5.73 Å². The number of aryl methyl sites for hydroxylation is 1. The molecule has 9 heteroatoms. The Morgan fingerprint density at radius 1 is 1.37 bits per heavy atom. The van der Waals surface area contributed by atoms with Gasteiger partial charge in [0.15, 0.2) is 5.65 Å². The van der Waals surface area contributed by atoms with E-state index >= 15 is 4.39 Å². The van der Waals surface area contributed by atoms with Crippen molar-refractivity contribution in [2.24, 2.45) is 0 Å². The molecule has 0 aliphatic carbocycles. The lowest BCUT2D eigenvalue weighted by Crippen LogP contribution is -2.24. The Bertz CT molecular complexity index is 1050. The number of anilines is 1. The van der Waals surface area contributed by atoms with Gasteiger partial charge in [-0.2, -0.15) is 4.39 Å². The van der Waals surface area contributed by atoms with E-state index in [0.717, 1.165) is 0 Å². The minimum atomic E-state index is -0.712. The third-order valence-electron chi connectivity index (χ3n) is 4.34. The van der Waals surface area contributed by atoms with Crippen molar-refractivity contribution in [1.82, 2.24) is 13.9 Å². The first-order valence-corrected chi connectivity index (χ1v) is 11.4. The molecule has 2 heterocycles. The van der Waals surface area contributed by atoms with Crippen LogP contribution in [0.4, 0.5) is 14.5 Å². The highest BCUT2D eigenvalue weighted by Crippen LogP contribution is 2.35. The Morgan fingerprint density at radius 2 is 2.07 bits per heavy atom. The molecular weight excluding hydrogens is 485 g/mol. The second kappa shape index (κ2) is 7.63. The van der Waals surface area contributed by atoms with E-state index in [1.807, 2.05) is 28.1 Å². The number of aromatic nitrogens is 2. The van der Waals surface area contributed by atoms with E-state index < -0.39 is 11.7 Å². The molecule has 1 aromatic carbocycles. The van der Waals surface area contributed by atoms with Gasteiger partial charge in [0, 0.05) is 78.4 Å². The molecule has 3 aromatic rings. The summed E-state index contributed by atoms with van der Waals surface area (Å²) in [5, 5.41) is 0.619. The SMILES string of the molecule is CCc1c(F)n(SI)c2ncc(-c3ccc(N)c(C(=O)N(C)C)c3F)cc12. The standard InChI is InChI=1S/C18H17F2IN4OS/c1-4-10-12-7-9(8-23-17(12)25(27-21)16(10)20)11-5-6-13(22)14(15(11)19)18(26)24(2)3/h5-8H,4,22H2,1-3H3. The van der Waals surface area contributed by atoms with Crippen LogP contribution in [-0.2, 0) is 6.42 Å². The maximum atomic E-state index is 15.1. The Morgan fingerprint density at radius 3 is 2.67 bits per heavy atom. The van der Waals surface area contributed by atoms with Crippen molar-refractivity contribution in [3.05, 3.63) is 47.3 Å². The number of pyridine rings is 1. The molecule has 0 unspecified atom stereocenters. The van der Waals surface area contributed by atoms with Crippen molar-refractivity contribution in [2.75, 3.05) is 19.8 Å². The number of hydrogen-bond donors (Lipinski definition) is 1. The molecule has 2 N–H and O–H groups in total. The van der Waals surface area contributed by atoms with Gasteiger partial charge in [-0.25, -0.2) is 13.3 Å². The predicted molar refractivity (Wildman–Crippen MR) is 114 cm³/mol. The molecule has 1 amide bonds. The van der Waals surface area contributed by atoms with Gasteiger partial charge in [-0.3, -0.25) is 4.79 Å². The second-order valence-corrected chi connectivity index (χ2v) is 7.86. The molecular formula is C18H17F2IN4OS. The number of carbonyl (C=O) groups is 1. The van der Waals surface area contributed by atoms with Crippen LogP contribution in [0.3, 0.4) is 0 Å². The van der Waals surface area contributed by atoms with Crippen LogP contribution in [0.1, 0.15) is 22.8 Å². The van der Waals surface area contributed by atoms with Crippen molar-refractivity contribution < 1.29 is 13.6 Å². The molecule has 142 valence electrons. The van der Waals surface area contributed by atoms with E-state index in [1.54, 1.807) is 6.07 Å². The quantitative estimate of drug-likeness (QED) is 0.416. The van der Waals surface area contributed by atoms with Gasteiger partial charge in [-0.1, -0.05) is 6.92 Å². The Hall–Kier alpha value is -1.88. The summed E-state index contributed by atoms with van der Waals surface area (Å²) in [4.78, 5) is 17.9. The largest absolute Gasteiger partial charge is 0.398 e. The van der Waals surface area contributed by atoms with Gasteiger partial charge >= 0.3 is 0 Å². The van der Waals surface area contributed by atoms with Crippen LogP contribution in [0.5, 0.6) is 0 Å². The Labute approximate surface area is 171 Å². The summed E-state index contributed by atoms with van der Waals surface area (Å²) in [5.74, 6) is -1.59. The molecule has 0 saturated carbocycles. The lowest BCUT2D eigenvalue weighted by Gasteiger charge is -2.15. The summed E-state index contributed by atoms with van der Waals surface area (Å²) in [6.45, 7) is 1.85. The number of amides is 1. The third-order valence-corrected chi connectivity index (χ3v) is 5.99. The van der Waals surface area contributed by atoms with Crippen LogP contribution >= 0.6 is 30.3 Å². The summed E-state index contributed by atoms with van der Waals surface area (Å²) in [6, 6.07) is 4.70. The maximum Gasteiger partial charge on any atom is 0.258 e. The van der Waals surface area contributed by atoms with Gasteiger partial charge in [0.25, 0.3) is 5.91 Å². The monoisotopic (exact) mass is 502 g/mol. The van der Waals surface area contributed by atoms with Crippen LogP contribution < -0.4 is 5.73 Å². The third kappa shape index (κ3) is 3.27. The van der Waals surface area contributed by atoms with Gasteiger partial charge in [0.05, 0.1) is 5.56 Å². The van der Waals surface area contributed by atoms with Crippen molar-refractivity contribution in [3.8, 4) is 11.1 Å². The highest BCUT2D eigenvalue weighted by atomic mass is 127. The molecule has 5 nitrogen and oxygen atoms in total. The van der Waals surface area contributed by atoms with E-state index in [2.05, 4.69) is 4.98 Å². The Balaban J connectivity index is 2.25. The molecule has 0 atom stereocenters. The number of benzene rings is 1. The molecule has 2 aromatic heterocycles. The number of nitrogens with zero attached hydrogens (tertiary/aromatic N) is 3. The highest BCUT2D eigenvalue weighted by Gasteiger charge is 2.23. The summed E-state index contributed by atoms with van der Waals surface area (Å²) >= 11 is 1.99. The fraction of sp³-hybridized carbons (Fsp3) is 0.222. The molecule has 27 heavy (non-hydrogen) atoms. The van der Waals surface area contributed by atoms with Crippen LogP contribution in [0.25, 0.3) is 22.2 Å². The second-order valence-electron chi connectivity index (χ2n) is 6.17. The Kier molecular flexibility index (Phi) is 5.61. The predicted octanol–water partition coefficient (Wildman–Crippen LogP) is 4.67. The first-order valence-electron chi connectivity index (χ1n) is 8.09. The van der Waals surface area contributed by atoms with Gasteiger partial charge in [-0.05, 0) is 24.6 Å². The summed E-state index contributed by atoms with van der Waals surface area (Å²) < 4.78 is 31.1. The van der Waals surface area contributed by atoms with Gasteiger partial charge in [0.1, 0.15) is 5.82 Å². The first-order chi connectivity index (χ1) is 12.8. The first kappa shape index (κ1) is 19.9. The minimum Gasteiger partial charge on any atom is -0.398 e. The van der Waals surface area contributed by atoms with Gasteiger partial charge in [-0.15, -0.1) is 0 Å².